The Labute approximate surface area is 118 Å². The molecule has 5 nitrogen and oxygen atoms in total. The van der Waals surface area contributed by atoms with Crippen LogP contribution in [0.2, 0.25) is 0 Å². The molecule has 1 saturated heterocycles. The molecule has 1 fully saturated rings. The van der Waals surface area contributed by atoms with E-state index in [-0.39, 0.29) is 24.0 Å². The lowest BCUT2D eigenvalue weighted by molar-refractivity contribution is 0.0868. The molecule has 2 N–H and O–H groups in total. The largest absolute Gasteiger partial charge is 0.376 e. The van der Waals surface area contributed by atoms with E-state index in [9.17, 15) is 9.59 Å². The van der Waals surface area contributed by atoms with Crippen molar-refractivity contribution in [2.45, 2.75) is 38.8 Å². The van der Waals surface area contributed by atoms with Gasteiger partial charge in [0.25, 0.3) is 0 Å². The molecule has 0 aromatic heterocycles. The van der Waals surface area contributed by atoms with Gasteiger partial charge in [0.1, 0.15) is 0 Å². The summed E-state index contributed by atoms with van der Waals surface area (Å²) < 4.78 is 5.53. The zero-order valence-electron chi connectivity index (χ0n) is 11.8. The van der Waals surface area contributed by atoms with Crippen LogP contribution in [0.25, 0.3) is 0 Å². The number of rotatable bonds is 4. The van der Waals surface area contributed by atoms with Crippen molar-refractivity contribution in [2.75, 3.05) is 11.9 Å². The van der Waals surface area contributed by atoms with Gasteiger partial charge >= 0.3 is 6.03 Å². The van der Waals surface area contributed by atoms with Gasteiger partial charge in [0.05, 0.1) is 12.1 Å². The van der Waals surface area contributed by atoms with Crippen LogP contribution in [0.15, 0.2) is 24.3 Å². The topological polar surface area (TPSA) is 67.4 Å². The van der Waals surface area contributed by atoms with Crippen LogP contribution in [-0.4, -0.2) is 30.6 Å². The molecular formula is C15H20N2O3. The predicted octanol–water partition coefficient (Wildman–Crippen LogP) is 2.58. The molecule has 0 saturated carbocycles. The summed E-state index contributed by atoms with van der Waals surface area (Å²) in [6, 6.07) is 6.57. The highest BCUT2D eigenvalue weighted by molar-refractivity contribution is 5.96. The highest BCUT2D eigenvalue weighted by atomic mass is 16.5. The summed E-state index contributed by atoms with van der Waals surface area (Å²) >= 11 is 0. The molecule has 108 valence electrons. The quantitative estimate of drug-likeness (QED) is 0.831. The van der Waals surface area contributed by atoms with Gasteiger partial charge in [0, 0.05) is 17.9 Å². The molecule has 20 heavy (non-hydrogen) atoms. The minimum atomic E-state index is -0.284. The number of Topliss-reactive ketones (excluding diaryl/α,β-unsaturated/α-hetero) is 1. The lowest BCUT2D eigenvalue weighted by Crippen LogP contribution is -2.42. The molecule has 1 aliphatic heterocycles. The third-order valence-corrected chi connectivity index (χ3v) is 3.41. The first-order valence-electron chi connectivity index (χ1n) is 6.86. The second-order valence-corrected chi connectivity index (χ2v) is 5.08. The first kappa shape index (κ1) is 14.5. The van der Waals surface area contributed by atoms with E-state index < -0.39 is 0 Å². The van der Waals surface area contributed by atoms with E-state index in [1.807, 2.05) is 6.92 Å². The number of carbonyl (C=O) groups excluding carboxylic acids is 2. The Morgan fingerprint density at radius 3 is 2.85 bits per heavy atom. The molecule has 0 aliphatic carbocycles. The average molecular weight is 276 g/mol. The monoisotopic (exact) mass is 276 g/mol. The lowest BCUT2D eigenvalue weighted by atomic mass is 10.1. The van der Waals surface area contributed by atoms with Crippen LogP contribution < -0.4 is 10.6 Å². The van der Waals surface area contributed by atoms with Gasteiger partial charge in [-0.2, -0.15) is 0 Å². The molecule has 0 spiro atoms. The summed E-state index contributed by atoms with van der Waals surface area (Å²) in [5.41, 5.74) is 1.18. The minimum absolute atomic E-state index is 0.0261. The van der Waals surface area contributed by atoms with Crippen LogP contribution in [0.4, 0.5) is 10.5 Å². The van der Waals surface area contributed by atoms with Crippen molar-refractivity contribution in [1.82, 2.24) is 5.32 Å². The molecular weight excluding hydrogens is 256 g/mol. The van der Waals surface area contributed by atoms with Crippen molar-refractivity contribution in [1.29, 1.82) is 0 Å². The molecule has 0 unspecified atom stereocenters. The molecule has 2 amide bonds. The summed E-state index contributed by atoms with van der Waals surface area (Å²) in [6.07, 6.45) is 2.10. The summed E-state index contributed by atoms with van der Waals surface area (Å²) in [6.45, 7) is 4.19. The second-order valence-electron chi connectivity index (χ2n) is 5.08. The zero-order chi connectivity index (χ0) is 14.5. The first-order valence-corrected chi connectivity index (χ1v) is 6.86. The lowest BCUT2D eigenvalue weighted by Gasteiger charge is -2.20. The second kappa shape index (κ2) is 6.52. The molecule has 1 aromatic rings. The summed E-state index contributed by atoms with van der Waals surface area (Å²) in [5, 5.41) is 5.59. The fraction of sp³-hybridized carbons (Fsp3) is 0.467. The van der Waals surface area contributed by atoms with E-state index in [1.165, 1.54) is 6.92 Å². The van der Waals surface area contributed by atoms with Crippen molar-refractivity contribution in [3.63, 3.8) is 0 Å². The van der Waals surface area contributed by atoms with Gasteiger partial charge in [-0.1, -0.05) is 12.1 Å². The number of anilines is 1. The Kier molecular flexibility index (Phi) is 4.74. The highest BCUT2D eigenvalue weighted by Crippen LogP contribution is 2.16. The van der Waals surface area contributed by atoms with Crippen LogP contribution in [0.1, 0.15) is 37.0 Å². The maximum Gasteiger partial charge on any atom is 0.319 e. The van der Waals surface area contributed by atoms with Gasteiger partial charge in [-0.25, -0.2) is 4.79 Å². The minimum Gasteiger partial charge on any atom is -0.376 e. The summed E-state index contributed by atoms with van der Waals surface area (Å²) in [7, 11) is 0. The number of amides is 2. The predicted molar refractivity (Wildman–Crippen MR) is 77.0 cm³/mol. The van der Waals surface area contributed by atoms with E-state index in [2.05, 4.69) is 10.6 Å². The fourth-order valence-electron chi connectivity index (χ4n) is 2.28. The number of urea groups is 1. The van der Waals surface area contributed by atoms with E-state index >= 15 is 0 Å². The van der Waals surface area contributed by atoms with Gasteiger partial charge in [-0.3, -0.25) is 4.79 Å². The molecule has 1 aromatic carbocycles. The molecule has 0 bridgehead atoms. The number of ketones is 1. The number of ether oxygens (including phenoxy) is 1. The average Bonchev–Trinajstić information content (AvgIpc) is 2.92. The van der Waals surface area contributed by atoms with Gasteiger partial charge in [-0.05, 0) is 38.8 Å². The standard InChI is InChI=1S/C15H20N2O3/c1-10(14-7-4-8-20-14)16-15(19)17-13-6-3-5-12(9-13)11(2)18/h3,5-6,9-10,14H,4,7-8H2,1-2H3,(H2,16,17,19)/t10-,14+/m1/s1. The van der Waals surface area contributed by atoms with E-state index in [0.29, 0.717) is 11.3 Å². The summed E-state index contributed by atoms with van der Waals surface area (Å²) in [5.74, 6) is -0.0261. The summed E-state index contributed by atoms with van der Waals surface area (Å²) in [4.78, 5) is 23.2. The Balaban J connectivity index is 1.90. The smallest absolute Gasteiger partial charge is 0.319 e. The Bertz CT molecular complexity index is 496. The van der Waals surface area contributed by atoms with Crippen LogP contribution >= 0.6 is 0 Å². The Morgan fingerprint density at radius 2 is 2.20 bits per heavy atom. The third kappa shape index (κ3) is 3.81. The number of benzene rings is 1. The molecule has 2 atom stereocenters. The maximum absolute atomic E-state index is 11.9. The maximum atomic E-state index is 11.9. The van der Waals surface area contributed by atoms with Crippen molar-refractivity contribution in [2.24, 2.45) is 0 Å². The van der Waals surface area contributed by atoms with Gasteiger partial charge < -0.3 is 15.4 Å². The van der Waals surface area contributed by atoms with Crippen LogP contribution in [0.5, 0.6) is 0 Å². The highest BCUT2D eigenvalue weighted by Gasteiger charge is 2.23. The Hall–Kier alpha value is -1.88. The van der Waals surface area contributed by atoms with Gasteiger partial charge in [0.15, 0.2) is 5.78 Å². The third-order valence-electron chi connectivity index (χ3n) is 3.41. The van der Waals surface area contributed by atoms with Crippen LogP contribution in [-0.2, 0) is 4.74 Å². The molecule has 0 radical (unpaired) electrons. The van der Waals surface area contributed by atoms with E-state index in [1.54, 1.807) is 24.3 Å². The molecule has 1 heterocycles. The fourth-order valence-corrected chi connectivity index (χ4v) is 2.28. The number of hydrogen-bond acceptors (Lipinski definition) is 3. The van der Waals surface area contributed by atoms with Crippen LogP contribution in [0.3, 0.4) is 0 Å². The van der Waals surface area contributed by atoms with Crippen molar-refractivity contribution >= 4 is 17.5 Å². The number of nitrogens with one attached hydrogen (secondary N) is 2. The zero-order valence-corrected chi connectivity index (χ0v) is 11.8. The van der Waals surface area contributed by atoms with E-state index in [4.69, 9.17) is 4.74 Å². The molecule has 1 aliphatic rings. The van der Waals surface area contributed by atoms with Crippen LogP contribution in [0, 0.1) is 0 Å². The van der Waals surface area contributed by atoms with Gasteiger partial charge in [0.2, 0.25) is 0 Å². The molecule has 2 rings (SSSR count). The number of hydrogen-bond donors (Lipinski definition) is 2. The van der Waals surface area contributed by atoms with Gasteiger partial charge in [-0.15, -0.1) is 0 Å². The first-order chi connectivity index (χ1) is 9.56. The van der Waals surface area contributed by atoms with E-state index in [0.717, 1.165) is 19.4 Å². The van der Waals surface area contributed by atoms with Crippen molar-refractivity contribution in [3.05, 3.63) is 29.8 Å². The SMILES string of the molecule is CC(=O)c1cccc(NC(=O)N[C@H](C)[C@@H]2CCCO2)c1. The molecule has 5 heteroatoms. The number of carbonyl (C=O) groups is 2. The normalized spacial score (nSPS) is 19.4. The Morgan fingerprint density at radius 1 is 1.40 bits per heavy atom. The van der Waals surface area contributed by atoms with Crippen molar-refractivity contribution in [3.8, 4) is 0 Å². The van der Waals surface area contributed by atoms with Crippen molar-refractivity contribution < 1.29 is 14.3 Å².